The summed E-state index contributed by atoms with van der Waals surface area (Å²) in [7, 11) is -2.10. The lowest BCUT2D eigenvalue weighted by atomic mass is 10.2. The molecule has 1 unspecified atom stereocenters. The lowest BCUT2D eigenvalue weighted by Gasteiger charge is -2.25. The van der Waals surface area contributed by atoms with Crippen molar-refractivity contribution in [1.29, 1.82) is 0 Å². The van der Waals surface area contributed by atoms with E-state index in [4.69, 9.17) is 9.47 Å². The monoisotopic (exact) mass is 435 g/mol. The molecule has 9 nitrogen and oxygen atoms in total. The molecule has 1 aliphatic rings. The minimum atomic E-state index is -3.73. The number of hydrogen-bond acceptors (Lipinski definition) is 6. The smallest absolute Gasteiger partial charge is 0.355 e. The Balaban J connectivity index is 1.61. The maximum Gasteiger partial charge on any atom is 0.355 e. The first kappa shape index (κ1) is 22.0. The SMILES string of the molecule is CC(OC(=O)c1cc(S(=O)(=O)N2CCOCC2)c[nH]1)C(=O)N(C)Cc1ccccc1. The van der Waals surface area contributed by atoms with Crippen LogP contribution in [0, 0.1) is 0 Å². The van der Waals surface area contributed by atoms with Gasteiger partial charge in [0, 0.05) is 32.9 Å². The Morgan fingerprint density at radius 3 is 2.57 bits per heavy atom. The summed E-state index contributed by atoms with van der Waals surface area (Å²) in [4.78, 5) is 29.0. The molecular weight excluding hydrogens is 410 g/mol. The van der Waals surface area contributed by atoms with Gasteiger partial charge >= 0.3 is 5.97 Å². The molecule has 1 aliphatic heterocycles. The van der Waals surface area contributed by atoms with Gasteiger partial charge in [0.1, 0.15) is 10.6 Å². The van der Waals surface area contributed by atoms with Crippen LogP contribution in [-0.2, 0) is 30.8 Å². The molecule has 1 saturated heterocycles. The van der Waals surface area contributed by atoms with E-state index in [-0.39, 0.29) is 29.6 Å². The summed E-state index contributed by atoms with van der Waals surface area (Å²) >= 11 is 0. The first-order chi connectivity index (χ1) is 14.3. The number of aromatic amines is 1. The lowest BCUT2D eigenvalue weighted by Crippen LogP contribution is -2.40. The second-order valence-corrected chi connectivity index (χ2v) is 8.93. The highest BCUT2D eigenvalue weighted by Crippen LogP contribution is 2.19. The van der Waals surface area contributed by atoms with Gasteiger partial charge in [-0.3, -0.25) is 4.79 Å². The fourth-order valence-electron chi connectivity index (χ4n) is 3.10. The second kappa shape index (κ2) is 9.41. The summed E-state index contributed by atoms with van der Waals surface area (Å²) in [6, 6.07) is 10.7. The number of rotatable bonds is 7. The van der Waals surface area contributed by atoms with Crippen LogP contribution in [0.15, 0.2) is 47.5 Å². The quantitative estimate of drug-likeness (QED) is 0.656. The predicted octanol–water partition coefficient (Wildman–Crippen LogP) is 1.24. The zero-order chi connectivity index (χ0) is 21.7. The summed E-state index contributed by atoms with van der Waals surface area (Å²) in [6.45, 7) is 3.03. The average Bonchev–Trinajstić information content (AvgIpc) is 3.26. The zero-order valence-corrected chi connectivity index (χ0v) is 17.7. The number of likely N-dealkylation sites (N-methyl/N-ethyl adjacent to an activating group) is 1. The van der Waals surface area contributed by atoms with Gasteiger partial charge in [0.05, 0.1) is 13.2 Å². The van der Waals surface area contributed by atoms with Gasteiger partial charge in [-0.25, -0.2) is 13.2 Å². The van der Waals surface area contributed by atoms with Crippen molar-refractivity contribution < 1.29 is 27.5 Å². The van der Waals surface area contributed by atoms with Gasteiger partial charge in [-0.2, -0.15) is 4.31 Å². The van der Waals surface area contributed by atoms with Crippen molar-refractivity contribution >= 4 is 21.9 Å². The van der Waals surface area contributed by atoms with Gasteiger partial charge < -0.3 is 19.4 Å². The summed E-state index contributed by atoms with van der Waals surface area (Å²) in [5.74, 6) is -1.16. The molecule has 1 aromatic heterocycles. The molecule has 0 aliphatic carbocycles. The third-order valence-corrected chi connectivity index (χ3v) is 6.63. The van der Waals surface area contributed by atoms with Crippen LogP contribution in [0.5, 0.6) is 0 Å². The average molecular weight is 436 g/mol. The molecule has 0 radical (unpaired) electrons. The molecule has 1 fully saturated rings. The normalized spacial score (nSPS) is 16.1. The van der Waals surface area contributed by atoms with Crippen LogP contribution in [0.3, 0.4) is 0 Å². The van der Waals surface area contributed by atoms with Crippen molar-refractivity contribution in [2.45, 2.75) is 24.5 Å². The summed E-state index contributed by atoms with van der Waals surface area (Å²) < 4.78 is 37.0. The molecule has 30 heavy (non-hydrogen) atoms. The van der Waals surface area contributed by atoms with E-state index in [2.05, 4.69) is 4.98 Å². The number of sulfonamides is 1. The van der Waals surface area contributed by atoms with E-state index >= 15 is 0 Å². The fraction of sp³-hybridized carbons (Fsp3) is 0.400. The molecule has 162 valence electrons. The van der Waals surface area contributed by atoms with E-state index in [0.29, 0.717) is 19.8 Å². The maximum absolute atomic E-state index is 12.7. The lowest BCUT2D eigenvalue weighted by molar-refractivity contribution is -0.139. The number of benzene rings is 1. The standard InChI is InChI=1S/C20H25N3O6S/c1-15(19(24)22(2)14-16-6-4-3-5-7-16)29-20(25)18-12-17(13-21-18)30(26,27)23-8-10-28-11-9-23/h3-7,12-13,15,21H,8-11,14H2,1-2H3. The van der Waals surface area contributed by atoms with E-state index in [1.54, 1.807) is 7.05 Å². The van der Waals surface area contributed by atoms with Crippen molar-refractivity contribution in [3.05, 3.63) is 53.9 Å². The Kier molecular flexibility index (Phi) is 6.91. The van der Waals surface area contributed by atoms with Gasteiger partial charge in [0.15, 0.2) is 6.10 Å². The van der Waals surface area contributed by atoms with Crippen molar-refractivity contribution in [3.8, 4) is 0 Å². The van der Waals surface area contributed by atoms with Crippen LogP contribution in [-0.4, -0.2) is 73.9 Å². The molecule has 2 heterocycles. The van der Waals surface area contributed by atoms with Crippen molar-refractivity contribution in [2.24, 2.45) is 0 Å². The topological polar surface area (TPSA) is 109 Å². The Bertz CT molecular complexity index is 983. The van der Waals surface area contributed by atoms with Gasteiger partial charge in [-0.1, -0.05) is 30.3 Å². The number of H-pyrrole nitrogens is 1. The fourth-order valence-corrected chi connectivity index (χ4v) is 4.50. The van der Waals surface area contributed by atoms with Crippen molar-refractivity contribution in [2.75, 3.05) is 33.4 Å². The van der Waals surface area contributed by atoms with E-state index in [1.165, 1.54) is 28.4 Å². The van der Waals surface area contributed by atoms with E-state index in [0.717, 1.165) is 5.56 Å². The summed E-state index contributed by atoms with van der Waals surface area (Å²) in [5, 5.41) is 0. The molecule has 0 saturated carbocycles. The Morgan fingerprint density at radius 2 is 1.90 bits per heavy atom. The van der Waals surface area contributed by atoms with Crippen LogP contribution in [0.25, 0.3) is 0 Å². The molecule has 1 atom stereocenters. The van der Waals surface area contributed by atoms with Gasteiger partial charge in [-0.05, 0) is 18.6 Å². The van der Waals surface area contributed by atoms with Crippen LogP contribution < -0.4 is 0 Å². The number of ether oxygens (including phenoxy) is 2. The number of amides is 1. The number of hydrogen-bond donors (Lipinski definition) is 1. The van der Waals surface area contributed by atoms with E-state index in [9.17, 15) is 18.0 Å². The van der Waals surface area contributed by atoms with Crippen LogP contribution >= 0.6 is 0 Å². The number of carbonyl (C=O) groups is 2. The maximum atomic E-state index is 12.7. The van der Waals surface area contributed by atoms with Crippen molar-refractivity contribution in [1.82, 2.24) is 14.2 Å². The number of aromatic nitrogens is 1. The Labute approximate surface area is 175 Å². The number of nitrogens with one attached hydrogen (secondary N) is 1. The van der Waals surface area contributed by atoms with Crippen LogP contribution in [0.4, 0.5) is 0 Å². The first-order valence-corrected chi connectivity index (χ1v) is 11.0. The van der Waals surface area contributed by atoms with Gasteiger partial charge in [-0.15, -0.1) is 0 Å². The molecule has 0 spiro atoms. The minimum absolute atomic E-state index is 0.0310. The number of morpholine rings is 1. The van der Waals surface area contributed by atoms with Crippen LogP contribution in [0.1, 0.15) is 23.0 Å². The molecule has 1 N–H and O–H groups in total. The Morgan fingerprint density at radius 1 is 1.23 bits per heavy atom. The molecule has 2 aromatic rings. The molecule has 10 heteroatoms. The molecule has 0 bridgehead atoms. The number of esters is 1. The molecule has 1 aromatic carbocycles. The predicted molar refractivity (Wildman–Crippen MR) is 108 cm³/mol. The number of nitrogens with zero attached hydrogens (tertiary/aromatic N) is 2. The zero-order valence-electron chi connectivity index (χ0n) is 16.9. The van der Waals surface area contributed by atoms with E-state index < -0.39 is 22.1 Å². The van der Waals surface area contributed by atoms with Crippen LogP contribution in [0.2, 0.25) is 0 Å². The second-order valence-electron chi connectivity index (χ2n) is 6.99. The highest BCUT2D eigenvalue weighted by molar-refractivity contribution is 7.89. The molecular formula is C20H25N3O6S. The minimum Gasteiger partial charge on any atom is -0.448 e. The van der Waals surface area contributed by atoms with Gasteiger partial charge in [0.2, 0.25) is 10.0 Å². The molecule has 1 amide bonds. The highest BCUT2D eigenvalue weighted by Gasteiger charge is 2.29. The largest absolute Gasteiger partial charge is 0.448 e. The Hall–Kier alpha value is -2.69. The summed E-state index contributed by atoms with van der Waals surface area (Å²) in [5.41, 5.74) is 0.918. The van der Waals surface area contributed by atoms with E-state index in [1.807, 2.05) is 30.3 Å². The third-order valence-electron chi connectivity index (χ3n) is 4.75. The summed E-state index contributed by atoms with van der Waals surface area (Å²) in [6.07, 6.45) is 0.226. The number of carbonyl (C=O) groups excluding carboxylic acids is 2. The highest BCUT2D eigenvalue weighted by atomic mass is 32.2. The first-order valence-electron chi connectivity index (χ1n) is 9.55. The molecule has 3 rings (SSSR count). The third kappa shape index (κ3) is 5.07. The van der Waals surface area contributed by atoms with Crippen molar-refractivity contribution in [3.63, 3.8) is 0 Å². The van der Waals surface area contributed by atoms with Gasteiger partial charge in [0.25, 0.3) is 5.91 Å².